The highest BCUT2D eigenvalue weighted by Gasteiger charge is 2.60. The first-order valence-electron chi connectivity index (χ1n) is 8.21. The summed E-state index contributed by atoms with van der Waals surface area (Å²) in [5.74, 6) is 0.978. The summed E-state index contributed by atoms with van der Waals surface area (Å²) in [6, 6.07) is 6.24. The average molecular weight is 299 g/mol. The zero-order chi connectivity index (χ0) is 16.7. The number of allylic oxidation sites excluding steroid dienone is 2. The van der Waals surface area contributed by atoms with Crippen LogP contribution in [0.25, 0.3) is 0 Å². The van der Waals surface area contributed by atoms with Crippen LogP contribution in [0.1, 0.15) is 58.6 Å². The van der Waals surface area contributed by atoms with Crippen LogP contribution >= 0.6 is 0 Å². The Balaban J connectivity index is 2.23. The van der Waals surface area contributed by atoms with E-state index in [1.54, 1.807) is 0 Å². The maximum absolute atomic E-state index is 12.8. The zero-order valence-corrected chi connectivity index (χ0v) is 14.9. The Morgan fingerprint density at radius 3 is 2.45 bits per heavy atom. The van der Waals surface area contributed by atoms with E-state index in [1.165, 1.54) is 11.1 Å². The molecule has 1 saturated carbocycles. The monoisotopic (exact) mass is 299 g/mol. The SMILES string of the molecule is CC(C)=C[C@H]1[C@@H](C(=O)Nc2c(C)cccc2C(C)C)C1(C)C. The second kappa shape index (κ2) is 5.91. The summed E-state index contributed by atoms with van der Waals surface area (Å²) in [4.78, 5) is 12.8. The lowest BCUT2D eigenvalue weighted by Crippen LogP contribution is -2.19. The van der Waals surface area contributed by atoms with E-state index < -0.39 is 0 Å². The number of para-hydroxylation sites is 1. The Kier molecular flexibility index (Phi) is 4.51. The molecule has 0 spiro atoms. The molecule has 1 aliphatic carbocycles. The van der Waals surface area contributed by atoms with Crippen molar-refractivity contribution in [2.75, 3.05) is 5.32 Å². The summed E-state index contributed by atoms with van der Waals surface area (Å²) >= 11 is 0. The van der Waals surface area contributed by atoms with Crippen molar-refractivity contribution in [3.63, 3.8) is 0 Å². The van der Waals surface area contributed by atoms with E-state index >= 15 is 0 Å². The van der Waals surface area contributed by atoms with Gasteiger partial charge in [0.1, 0.15) is 0 Å². The minimum atomic E-state index is 0.0576. The van der Waals surface area contributed by atoms with E-state index in [9.17, 15) is 4.79 Å². The Morgan fingerprint density at radius 2 is 1.91 bits per heavy atom. The van der Waals surface area contributed by atoms with Gasteiger partial charge < -0.3 is 5.32 Å². The first kappa shape index (κ1) is 16.8. The maximum Gasteiger partial charge on any atom is 0.228 e. The van der Waals surface area contributed by atoms with Gasteiger partial charge in [0.05, 0.1) is 5.92 Å². The van der Waals surface area contributed by atoms with Crippen molar-refractivity contribution in [1.82, 2.24) is 0 Å². The lowest BCUT2D eigenvalue weighted by Gasteiger charge is -2.16. The van der Waals surface area contributed by atoms with E-state index in [0.29, 0.717) is 11.8 Å². The van der Waals surface area contributed by atoms with Gasteiger partial charge in [0.2, 0.25) is 5.91 Å². The molecule has 1 aromatic carbocycles. The number of aryl methyl sites for hydroxylation is 1. The molecular formula is C20H29NO. The molecule has 0 aromatic heterocycles. The average Bonchev–Trinajstić information content (AvgIpc) is 2.92. The van der Waals surface area contributed by atoms with Gasteiger partial charge in [-0.3, -0.25) is 4.79 Å². The second-order valence-electron chi connectivity index (χ2n) is 7.75. The van der Waals surface area contributed by atoms with Crippen LogP contribution in [-0.2, 0) is 4.79 Å². The van der Waals surface area contributed by atoms with Crippen molar-refractivity contribution in [1.29, 1.82) is 0 Å². The van der Waals surface area contributed by atoms with Crippen LogP contribution in [0, 0.1) is 24.2 Å². The number of amides is 1. The smallest absolute Gasteiger partial charge is 0.228 e. The quantitative estimate of drug-likeness (QED) is 0.751. The van der Waals surface area contributed by atoms with Crippen molar-refractivity contribution in [3.8, 4) is 0 Å². The Bertz CT molecular complexity index is 606. The largest absolute Gasteiger partial charge is 0.325 e. The third kappa shape index (κ3) is 3.11. The molecule has 0 heterocycles. The number of benzene rings is 1. The zero-order valence-electron chi connectivity index (χ0n) is 14.9. The number of hydrogen-bond acceptors (Lipinski definition) is 1. The Morgan fingerprint density at radius 1 is 1.27 bits per heavy atom. The molecule has 1 aliphatic rings. The lowest BCUT2D eigenvalue weighted by molar-refractivity contribution is -0.118. The number of carbonyl (C=O) groups excluding carboxylic acids is 1. The van der Waals surface area contributed by atoms with Crippen LogP contribution in [0.4, 0.5) is 5.69 Å². The normalized spacial score (nSPS) is 22.4. The maximum atomic E-state index is 12.8. The topological polar surface area (TPSA) is 29.1 Å². The fraction of sp³-hybridized carbons (Fsp3) is 0.550. The molecule has 1 aromatic rings. The van der Waals surface area contributed by atoms with E-state index in [4.69, 9.17) is 0 Å². The van der Waals surface area contributed by atoms with Gasteiger partial charge in [0.25, 0.3) is 0 Å². The van der Waals surface area contributed by atoms with Gasteiger partial charge in [-0.1, -0.05) is 57.5 Å². The molecule has 0 saturated heterocycles. The van der Waals surface area contributed by atoms with Crippen LogP contribution < -0.4 is 5.32 Å². The number of anilines is 1. The fourth-order valence-corrected chi connectivity index (χ4v) is 3.39. The standard InChI is InChI=1S/C20H29NO/c1-12(2)11-16-17(20(16,6)7)19(22)21-18-14(5)9-8-10-15(18)13(3)4/h8-11,13,16-17H,1-7H3,(H,21,22)/t16-,17-/m0/s1. The van der Waals surface area contributed by atoms with Gasteiger partial charge in [-0.25, -0.2) is 0 Å². The molecule has 1 amide bonds. The van der Waals surface area contributed by atoms with Gasteiger partial charge >= 0.3 is 0 Å². The summed E-state index contributed by atoms with van der Waals surface area (Å²) in [5, 5.41) is 3.21. The molecule has 2 atom stereocenters. The van der Waals surface area contributed by atoms with Gasteiger partial charge in [0, 0.05) is 5.69 Å². The van der Waals surface area contributed by atoms with Crippen molar-refractivity contribution < 1.29 is 4.79 Å². The summed E-state index contributed by atoms with van der Waals surface area (Å²) in [7, 11) is 0. The third-order valence-electron chi connectivity index (χ3n) is 4.88. The van der Waals surface area contributed by atoms with Crippen molar-refractivity contribution in [2.45, 2.75) is 54.4 Å². The molecule has 0 radical (unpaired) electrons. The predicted molar refractivity (Wildman–Crippen MR) is 94.1 cm³/mol. The molecule has 0 bridgehead atoms. The highest BCUT2D eigenvalue weighted by molar-refractivity contribution is 5.97. The first-order valence-corrected chi connectivity index (χ1v) is 8.21. The van der Waals surface area contributed by atoms with Crippen LogP contribution in [0.15, 0.2) is 29.8 Å². The third-order valence-corrected chi connectivity index (χ3v) is 4.88. The summed E-state index contributed by atoms with van der Waals surface area (Å²) in [6.45, 7) is 15.0. The molecule has 0 unspecified atom stereocenters. The Labute approximate surface area is 135 Å². The van der Waals surface area contributed by atoms with Crippen molar-refractivity contribution in [3.05, 3.63) is 41.0 Å². The van der Waals surface area contributed by atoms with E-state index in [2.05, 4.69) is 78.1 Å². The minimum absolute atomic E-state index is 0.0576. The molecule has 2 nitrogen and oxygen atoms in total. The first-order chi connectivity index (χ1) is 10.2. The van der Waals surface area contributed by atoms with Gasteiger partial charge in [-0.15, -0.1) is 0 Å². The lowest BCUT2D eigenvalue weighted by atomic mass is 9.98. The highest BCUT2D eigenvalue weighted by atomic mass is 16.2. The van der Waals surface area contributed by atoms with Crippen LogP contribution in [0.2, 0.25) is 0 Å². The molecule has 1 N–H and O–H groups in total. The Hall–Kier alpha value is -1.57. The molecular weight excluding hydrogens is 270 g/mol. The summed E-state index contributed by atoms with van der Waals surface area (Å²) < 4.78 is 0. The molecule has 120 valence electrons. The molecule has 2 rings (SSSR count). The van der Waals surface area contributed by atoms with Crippen LogP contribution in [-0.4, -0.2) is 5.91 Å². The molecule has 0 aliphatic heterocycles. The highest BCUT2D eigenvalue weighted by Crippen LogP contribution is 2.59. The van der Waals surface area contributed by atoms with Crippen LogP contribution in [0.5, 0.6) is 0 Å². The van der Waals surface area contributed by atoms with Crippen molar-refractivity contribution in [2.24, 2.45) is 17.3 Å². The molecule has 22 heavy (non-hydrogen) atoms. The molecule has 2 heteroatoms. The van der Waals surface area contributed by atoms with Gasteiger partial charge in [0.15, 0.2) is 0 Å². The van der Waals surface area contributed by atoms with Gasteiger partial charge in [-0.2, -0.15) is 0 Å². The number of carbonyl (C=O) groups is 1. The van der Waals surface area contributed by atoms with Crippen molar-refractivity contribution >= 4 is 11.6 Å². The summed E-state index contributed by atoms with van der Waals surface area (Å²) in [5.41, 5.74) is 4.69. The predicted octanol–water partition coefficient (Wildman–Crippen LogP) is 5.30. The minimum Gasteiger partial charge on any atom is -0.325 e. The number of hydrogen-bond donors (Lipinski definition) is 1. The fourth-order valence-electron chi connectivity index (χ4n) is 3.39. The molecule has 1 fully saturated rings. The van der Waals surface area contributed by atoms with E-state index in [-0.39, 0.29) is 17.2 Å². The summed E-state index contributed by atoms with van der Waals surface area (Å²) in [6.07, 6.45) is 2.24. The second-order valence-corrected chi connectivity index (χ2v) is 7.75. The number of rotatable bonds is 4. The van der Waals surface area contributed by atoms with E-state index in [0.717, 1.165) is 11.3 Å². The van der Waals surface area contributed by atoms with Crippen LogP contribution in [0.3, 0.4) is 0 Å². The van der Waals surface area contributed by atoms with Gasteiger partial charge in [-0.05, 0) is 49.1 Å². The number of nitrogens with one attached hydrogen (secondary N) is 1. The van der Waals surface area contributed by atoms with E-state index in [1.807, 2.05) is 0 Å².